The molecule has 3 aromatic rings. The van der Waals surface area contributed by atoms with Crippen LogP contribution in [0.1, 0.15) is 23.8 Å². The fourth-order valence-corrected chi connectivity index (χ4v) is 3.44. The molecule has 11 heteroatoms. The maximum atomic E-state index is 13.8. The number of nitrogen functional groups attached to an aromatic ring is 1. The van der Waals surface area contributed by atoms with Gasteiger partial charge in [-0.3, -0.25) is 4.57 Å². The second-order valence-electron chi connectivity index (χ2n) is 6.52. The number of hydrogen-bond acceptors (Lipinski definition) is 9. The summed E-state index contributed by atoms with van der Waals surface area (Å²) in [5.41, 5.74) is 5.83. The van der Waals surface area contributed by atoms with Crippen molar-refractivity contribution in [3.05, 3.63) is 54.4 Å². The summed E-state index contributed by atoms with van der Waals surface area (Å²) in [6, 6.07) is 6.22. The lowest BCUT2D eigenvalue weighted by Crippen LogP contribution is -2.16. The summed E-state index contributed by atoms with van der Waals surface area (Å²) in [6.07, 6.45) is 1.73. The molecule has 0 spiro atoms. The summed E-state index contributed by atoms with van der Waals surface area (Å²) >= 11 is 1.42. The highest BCUT2D eigenvalue weighted by Gasteiger charge is 2.20. The van der Waals surface area contributed by atoms with Gasteiger partial charge < -0.3 is 15.4 Å². The van der Waals surface area contributed by atoms with Crippen molar-refractivity contribution < 1.29 is 9.13 Å². The van der Waals surface area contributed by atoms with Crippen molar-refractivity contribution in [2.24, 2.45) is 0 Å². The van der Waals surface area contributed by atoms with Gasteiger partial charge in [-0.2, -0.15) is 15.0 Å². The fourth-order valence-electron chi connectivity index (χ4n) is 2.52. The van der Waals surface area contributed by atoms with Gasteiger partial charge in [0.2, 0.25) is 11.9 Å². The lowest BCUT2D eigenvalue weighted by Gasteiger charge is -2.15. The van der Waals surface area contributed by atoms with Crippen LogP contribution in [0.5, 0.6) is 5.75 Å². The van der Waals surface area contributed by atoms with Crippen LogP contribution in [0.2, 0.25) is 0 Å². The Bertz CT molecular complexity index is 1030. The van der Waals surface area contributed by atoms with Gasteiger partial charge in [-0.05, 0) is 19.1 Å². The number of thioether (sulfide) groups is 1. The zero-order valence-electron chi connectivity index (χ0n) is 17.0. The number of rotatable bonds is 9. The molecule has 0 aliphatic carbocycles. The molecule has 0 amide bonds. The molecule has 30 heavy (non-hydrogen) atoms. The quantitative estimate of drug-likeness (QED) is 0.405. The number of para-hydroxylation sites is 1. The Morgan fingerprint density at radius 2 is 2.03 bits per heavy atom. The number of anilines is 2. The van der Waals surface area contributed by atoms with Gasteiger partial charge in [0.05, 0.1) is 5.25 Å². The van der Waals surface area contributed by atoms with Crippen molar-refractivity contribution in [2.45, 2.75) is 30.5 Å². The van der Waals surface area contributed by atoms with Crippen LogP contribution in [-0.2, 0) is 13.2 Å². The molecule has 0 aliphatic heterocycles. The van der Waals surface area contributed by atoms with Crippen LogP contribution in [0, 0.1) is 5.82 Å². The Balaban J connectivity index is 1.79. The monoisotopic (exact) mass is 430 g/mol. The summed E-state index contributed by atoms with van der Waals surface area (Å²) in [5.74, 6) is 1.45. The van der Waals surface area contributed by atoms with Gasteiger partial charge in [-0.25, -0.2) is 4.39 Å². The van der Waals surface area contributed by atoms with Gasteiger partial charge in [0.1, 0.15) is 12.4 Å². The largest absolute Gasteiger partial charge is 0.483 e. The second-order valence-corrected chi connectivity index (χ2v) is 7.83. The van der Waals surface area contributed by atoms with Crippen molar-refractivity contribution in [3.8, 4) is 5.75 Å². The van der Waals surface area contributed by atoms with Gasteiger partial charge in [-0.15, -0.1) is 16.8 Å². The topological polar surface area (TPSA) is 108 Å². The Kier molecular flexibility index (Phi) is 6.83. The van der Waals surface area contributed by atoms with Crippen molar-refractivity contribution in [2.75, 3.05) is 24.7 Å². The van der Waals surface area contributed by atoms with Crippen molar-refractivity contribution in [3.63, 3.8) is 0 Å². The highest BCUT2D eigenvalue weighted by Crippen LogP contribution is 2.33. The number of aromatic nitrogens is 6. The first-order valence-electron chi connectivity index (χ1n) is 9.14. The molecule has 0 fully saturated rings. The van der Waals surface area contributed by atoms with E-state index in [9.17, 15) is 4.39 Å². The van der Waals surface area contributed by atoms with E-state index in [1.165, 1.54) is 17.8 Å². The SMILES string of the molecule is C=CCn1c(COc2ccccc2F)nnc1SC(C)c1nc(N)nc(N(C)C)n1. The number of ether oxygens (including phenoxy) is 1. The maximum Gasteiger partial charge on any atom is 0.229 e. The molecule has 2 N–H and O–H groups in total. The summed E-state index contributed by atoms with van der Waals surface area (Å²) in [7, 11) is 3.66. The molecular formula is C19H23FN8OS. The lowest BCUT2D eigenvalue weighted by atomic mass is 10.3. The Morgan fingerprint density at radius 3 is 2.73 bits per heavy atom. The van der Waals surface area contributed by atoms with Crippen molar-refractivity contribution in [1.82, 2.24) is 29.7 Å². The van der Waals surface area contributed by atoms with Gasteiger partial charge >= 0.3 is 0 Å². The third-order valence-electron chi connectivity index (χ3n) is 4.00. The normalized spacial score (nSPS) is 11.9. The minimum Gasteiger partial charge on any atom is -0.483 e. The second kappa shape index (κ2) is 9.53. The van der Waals surface area contributed by atoms with E-state index in [-0.39, 0.29) is 23.6 Å². The Hall–Kier alpha value is -3.21. The van der Waals surface area contributed by atoms with Gasteiger partial charge in [0.25, 0.3) is 0 Å². The number of allylic oxidation sites excluding steroid dienone is 1. The molecule has 0 aliphatic rings. The summed E-state index contributed by atoms with van der Waals surface area (Å²) in [5, 5.41) is 8.93. The zero-order chi connectivity index (χ0) is 21.7. The smallest absolute Gasteiger partial charge is 0.229 e. The summed E-state index contributed by atoms with van der Waals surface area (Å²) in [6.45, 7) is 6.28. The highest BCUT2D eigenvalue weighted by molar-refractivity contribution is 7.99. The van der Waals surface area contributed by atoms with Crippen LogP contribution < -0.4 is 15.4 Å². The molecule has 1 unspecified atom stereocenters. The van der Waals surface area contributed by atoms with Gasteiger partial charge in [-0.1, -0.05) is 30.0 Å². The molecule has 3 rings (SSSR count). The van der Waals surface area contributed by atoms with E-state index in [0.717, 1.165) is 0 Å². The standard InChI is InChI=1S/C19H23FN8OS/c1-5-10-28-15(11-29-14-9-7-6-8-13(14)20)25-26-19(28)30-12(2)16-22-17(21)24-18(23-16)27(3)4/h5-9,12H,1,10-11H2,2-4H3,(H2,21,22,23,24). The molecular weight excluding hydrogens is 407 g/mol. The predicted octanol–water partition coefficient (Wildman–Crippen LogP) is 2.87. The van der Waals surface area contributed by atoms with Crippen LogP contribution >= 0.6 is 11.8 Å². The summed E-state index contributed by atoms with van der Waals surface area (Å²) in [4.78, 5) is 14.6. The number of nitrogens with two attached hydrogens (primary N) is 1. The van der Waals surface area contributed by atoms with Crippen molar-refractivity contribution >= 4 is 23.7 Å². The summed E-state index contributed by atoms with van der Waals surface area (Å²) < 4.78 is 21.2. The van der Waals surface area contributed by atoms with Gasteiger partial charge in [0, 0.05) is 20.6 Å². The van der Waals surface area contributed by atoms with E-state index in [2.05, 4.69) is 31.7 Å². The molecule has 2 heterocycles. The van der Waals surface area contributed by atoms with Gasteiger partial charge in [0.15, 0.2) is 22.5 Å². The van der Waals surface area contributed by atoms with E-state index in [1.54, 1.807) is 29.2 Å². The first kappa shape index (κ1) is 21.5. The molecule has 0 saturated heterocycles. The van der Waals surface area contributed by atoms with Crippen LogP contribution in [0.4, 0.5) is 16.3 Å². The third-order valence-corrected chi connectivity index (χ3v) is 5.08. The minimum atomic E-state index is -0.431. The van der Waals surface area contributed by atoms with Crippen molar-refractivity contribution in [1.29, 1.82) is 0 Å². The Morgan fingerprint density at radius 1 is 1.27 bits per heavy atom. The fraction of sp³-hybridized carbons (Fsp3) is 0.316. The molecule has 0 saturated carbocycles. The number of nitrogens with zero attached hydrogens (tertiary/aromatic N) is 7. The maximum absolute atomic E-state index is 13.8. The molecule has 158 valence electrons. The number of hydrogen-bond donors (Lipinski definition) is 1. The molecule has 0 radical (unpaired) electrons. The van der Waals surface area contributed by atoms with Crippen LogP contribution in [-0.4, -0.2) is 43.8 Å². The average molecular weight is 431 g/mol. The molecule has 9 nitrogen and oxygen atoms in total. The van der Waals surface area contributed by atoms with E-state index >= 15 is 0 Å². The lowest BCUT2D eigenvalue weighted by molar-refractivity contribution is 0.275. The zero-order valence-corrected chi connectivity index (χ0v) is 17.8. The first-order chi connectivity index (χ1) is 14.4. The third kappa shape index (κ3) is 5.03. The van der Waals surface area contributed by atoms with Crippen LogP contribution in [0.25, 0.3) is 0 Å². The van der Waals surface area contributed by atoms with E-state index in [1.807, 2.05) is 25.6 Å². The molecule has 1 aromatic carbocycles. The number of benzene rings is 1. The van der Waals surface area contributed by atoms with Crippen LogP contribution in [0.3, 0.4) is 0 Å². The molecule has 1 atom stereocenters. The van der Waals surface area contributed by atoms with Crippen LogP contribution in [0.15, 0.2) is 42.1 Å². The average Bonchev–Trinajstić information content (AvgIpc) is 3.08. The highest BCUT2D eigenvalue weighted by atomic mass is 32.2. The predicted molar refractivity (Wildman–Crippen MR) is 114 cm³/mol. The number of halogens is 1. The first-order valence-corrected chi connectivity index (χ1v) is 10.0. The van der Waals surface area contributed by atoms with E-state index in [4.69, 9.17) is 10.5 Å². The van der Waals surface area contributed by atoms with E-state index in [0.29, 0.717) is 29.3 Å². The minimum absolute atomic E-state index is 0.0696. The molecule has 0 bridgehead atoms. The Labute approximate surface area is 178 Å². The van der Waals surface area contributed by atoms with E-state index < -0.39 is 5.82 Å². The molecule has 2 aromatic heterocycles.